The zero-order valence-corrected chi connectivity index (χ0v) is 13.0. The lowest BCUT2D eigenvalue weighted by Crippen LogP contribution is -2.29. The number of aromatic nitrogens is 2. The molecule has 0 unspecified atom stereocenters. The van der Waals surface area contributed by atoms with E-state index >= 15 is 0 Å². The first-order valence-electron chi connectivity index (χ1n) is 7.05. The van der Waals surface area contributed by atoms with Crippen LogP contribution in [0.25, 0.3) is 0 Å². The minimum Gasteiger partial charge on any atom is -0.492 e. The van der Waals surface area contributed by atoms with E-state index in [0.29, 0.717) is 30.4 Å². The summed E-state index contributed by atoms with van der Waals surface area (Å²) in [4.78, 5) is 22.3. The molecule has 0 aliphatic rings. The van der Waals surface area contributed by atoms with Crippen molar-refractivity contribution >= 4 is 11.9 Å². The largest absolute Gasteiger partial charge is 0.492 e. The quantitative estimate of drug-likeness (QED) is 0.822. The Morgan fingerprint density at radius 2 is 2.00 bits per heavy atom. The van der Waals surface area contributed by atoms with Crippen LogP contribution in [0.4, 0.5) is 5.95 Å². The molecule has 0 saturated carbocycles. The molecule has 1 amide bonds. The molecule has 1 heterocycles. The fraction of sp³-hybridized carbons (Fsp3) is 0.312. The van der Waals surface area contributed by atoms with Gasteiger partial charge in [-0.3, -0.25) is 4.79 Å². The molecule has 22 heavy (non-hydrogen) atoms. The lowest BCUT2D eigenvalue weighted by molar-refractivity contribution is 0.0945. The summed E-state index contributed by atoms with van der Waals surface area (Å²) in [5.74, 6) is 1.17. The Bertz CT molecular complexity index is 629. The molecule has 116 valence electrons. The van der Waals surface area contributed by atoms with Gasteiger partial charge in [0.15, 0.2) is 0 Å². The van der Waals surface area contributed by atoms with E-state index in [1.165, 1.54) is 0 Å². The van der Waals surface area contributed by atoms with E-state index in [-0.39, 0.29) is 5.91 Å². The van der Waals surface area contributed by atoms with Crippen LogP contribution in [0, 0.1) is 6.92 Å². The Kier molecular flexibility index (Phi) is 5.30. The highest BCUT2D eigenvalue weighted by atomic mass is 16.5. The third-order valence-corrected chi connectivity index (χ3v) is 3.01. The van der Waals surface area contributed by atoms with Crippen LogP contribution in [0.1, 0.15) is 16.1 Å². The molecule has 0 fully saturated rings. The van der Waals surface area contributed by atoms with Crippen LogP contribution in [0.2, 0.25) is 0 Å². The van der Waals surface area contributed by atoms with Crippen LogP contribution < -0.4 is 15.0 Å². The third kappa shape index (κ3) is 4.18. The average Bonchev–Trinajstić information content (AvgIpc) is 2.52. The van der Waals surface area contributed by atoms with Gasteiger partial charge in [-0.15, -0.1) is 0 Å². The van der Waals surface area contributed by atoms with Crippen molar-refractivity contribution in [3.63, 3.8) is 0 Å². The van der Waals surface area contributed by atoms with Crippen molar-refractivity contribution < 1.29 is 9.53 Å². The molecular weight excluding hydrogens is 280 g/mol. The predicted octanol–water partition coefficient (Wildman–Crippen LogP) is 1.66. The minimum atomic E-state index is -0.195. The molecule has 0 atom stereocenters. The number of ether oxygens (including phenoxy) is 1. The molecule has 1 N–H and O–H groups in total. The molecule has 6 heteroatoms. The summed E-state index contributed by atoms with van der Waals surface area (Å²) >= 11 is 0. The molecule has 1 aromatic heterocycles. The molecular formula is C16H20N4O2. The monoisotopic (exact) mass is 300 g/mol. The van der Waals surface area contributed by atoms with Crippen LogP contribution in [-0.4, -0.2) is 43.1 Å². The van der Waals surface area contributed by atoms with Gasteiger partial charge >= 0.3 is 0 Å². The van der Waals surface area contributed by atoms with Crippen LogP contribution in [0.15, 0.2) is 36.5 Å². The molecule has 0 bridgehead atoms. The Morgan fingerprint density at radius 1 is 1.27 bits per heavy atom. The van der Waals surface area contributed by atoms with Crippen LogP contribution >= 0.6 is 0 Å². The summed E-state index contributed by atoms with van der Waals surface area (Å²) in [6, 6.07) is 9.48. The normalized spacial score (nSPS) is 10.1. The van der Waals surface area contributed by atoms with Gasteiger partial charge in [-0.05, 0) is 19.1 Å². The van der Waals surface area contributed by atoms with Crippen molar-refractivity contribution in [3.05, 3.63) is 47.8 Å². The maximum atomic E-state index is 12.1. The van der Waals surface area contributed by atoms with Gasteiger partial charge in [0.05, 0.1) is 17.8 Å². The maximum Gasteiger partial charge on any atom is 0.254 e. The second-order valence-corrected chi connectivity index (χ2v) is 4.98. The highest BCUT2D eigenvalue weighted by molar-refractivity contribution is 5.94. The SMILES string of the molecule is Cc1nc(N(C)C)ncc1C(=O)NCCOc1ccccc1. The molecule has 2 aromatic rings. The Hall–Kier alpha value is -2.63. The van der Waals surface area contributed by atoms with Gasteiger partial charge in [0.1, 0.15) is 12.4 Å². The number of rotatable bonds is 6. The Balaban J connectivity index is 1.85. The Labute approximate surface area is 130 Å². The number of nitrogens with one attached hydrogen (secondary N) is 1. The van der Waals surface area contributed by atoms with Gasteiger partial charge in [0, 0.05) is 20.3 Å². The van der Waals surface area contributed by atoms with E-state index in [4.69, 9.17) is 4.74 Å². The van der Waals surface area contributed by atoms with Crippen LogP contribution in [0.3, 0.4) is 0 Å². The van der Waals surface area contributed by atoms with Gasteiger partial charge in [-0.2, -0.15) is 0 Å². The zero-order valence-electron chi connectivity index (χ0n) is 13.0. The molecule has 0 radical (unpaired) electrons. The lowest BCUT2D eigenvalue weighted by atomic mass is 10.2. The summed E-state index contributed by atoms with van der Waals surface area (Å²) < 4.78 is 5.52. The molecule has 0 aliphatic carbocycles. The van der Waals surface area contributed by atoms with Gasteiger partial charge in [0.2, 0.25) is 5.95 Å². The number of aryl methyl sites for hydroxylation is 1. The van der Waals surface area contributed by atoms with E-state index in [2.05, 4.69) is 15.3 Å². The number of carbonyl (C=O) groups excluding carboxylic acids is 1. The standard InChI is InChI=1S/C16H20N4O2/c1-12-14(11-18-16(19-12)20(2)3)15(21)17-9-10-22-13-7-5-4-6-8-13/h4-8,11H,9-10H2,1-3H3,(H,17,21). The summed E-state index contributed by atoms with van der Waals surface area (Å²) in [6.45, 7) is 2.62. The second kappa shape index (κ2) is 7.40. The number of para-hydroxylation sites is 1. The third-order valence-electron chi connectivity index (χ3n) is 3.01. The summed E-state index contributed by atoms with van der Waals surface area (Å²) in [6.07, 6.45) is 1.55. The number of nitrogens with zero attached hydrogens (tertiary/aromatic N) is 3. The molecule has 2 rings (SSSR count). The highest BCUT2D eigenvalue weighted by Crippen LogP contribution is 2.09. The number of anilines is 1. The number of benzene rings is 1. The van der Waals surface area contributed by atoms with Gasteiger partial charge in [-0.25, -0.2) is 9.97 Å². The van der Waals surface area contributed by atoms with Crippen molar-refractivity contribution in [2.24, 2.45) is 0 Å². The van der Waals surface area contributed by atoms with Crippen molar-refractivity contribution in [3.8, 4) is 5.75 Å². The second-order valence-electron chi connectivity index (χ2n) is 4.98. The first kappa shape index (κ1) is 15.8. The van der Waals surface area contributed by atoms with E-state index in [1.807, 2.05) is 44.4 Å². The van der Waals surface area contributed by atoms with Crippen molar-refractivity contribution in [1.29, 1.82) is 0 Å². The van der Waals surface area contributed by atoms with Crippen molar-refractivity contribution in [1.82, 2.24) is 15.3 Å². The number of hydrogen-bond acceptors (Lipinski definition) is 5. The smallest absolute Gasteiger partial charge is 0.254 e. The maximum absolute atomic E-state index is 12.1. The summed E-state index contributed by atoms with van der Waals surface area (Å²) in [5, 5.41) is 2.80. The van der Waals surface area contributed by atoms with Gasteiger partial charge in [0.25, 0.3) is 5.91 Å². The molecule has 0 aliphatic heterocycles. The van der Waals surface area contributed by atoms with E-state index in [1.54, 1.807) is 18.0 Å². The molecule has 0 saturated heterocycles. The first-order valence-corrected chi connectivity index (χ1v) is 7.05. The van der Waals surface area contributed by atoms with E-state index in [9.17, 15) is 4.79 Å². The highest BCUT2D eigenvalue weighted by Gasteiger charge is 2.12. The molecule has 1 aromatic carbocycles. The summed E-state index contributed by atoms with van der Waals surface area (Å²) in [5.41, 5.74) is 1.13. The average molecular weight is 300 g/mol. The first-order chi connectivity index (χ1) is 10.6. The van der Waals surface area contributed by atoms with Gasteiger partial charge < -0.3 is 15.0 Å². The van der Waals surface area contributed by atoms with Crippen LogP contribution in [0.5, 0.6) is 5.75 Å². The zero-order chi connectivity index (χ0) is 15.9. The van der Waals surface area contributed by atoms with E-state index < -0.39 is 0 Å². The number of carbonyl (C=O) groups is 1. The lowest BCUT2D eigenvalue weighted by Gasteiger charge is -2.12. The van der Waals surface area contributed by atoms with Gasteiger partial charge in [-0.1, -0.05) is 18.2 Å². The fourth-order valence-corrected chi connectivity index (χ4v) is 1.84. The van der Waals surface area contributed by atoms with Crippen molar-refractivity contribution in [2.45, 2.75) is 6.92 Å². The predicted molar refractivity (Wildman–Crippen MR) is 85.4 cm³/mol. The van der Waals surface area contributed by atoms with Crippen molar-refractivity contribution in [2.75, 3.05) is 32.1 Å². The Morgan fingerprint density at radius 3 is 2.64 bits per heavy atom. The summed E-state index contributed by atoms with van der Waals surface area (Å²) in [7, 11) is 3.71. The molecule has 6 nitrogen and oxygen atoms in total. The number of hydrogen-bond donors (Lipinski definition) is 1. The number of amides is 1. The topological polar surface area (TPSA) is 67.4 Å². The molecule has 0 spiro atoms. The fourth-order valence-electron chi connectivity index (χ4n) is 1.84. The minimum absolute atomic E-state index is 0.195. The van der Waals surface area contributed by atoms with Crippen LogP contribution in [-0.2, 0) is 0 Å². The van der Waals surface area contributed by atoms with E-state index in [0.717, 1.165) is 5.75 Å².